The zero-order valence-corrected chi connectivity index (χ0v) is 15.0. The lowest BCUT2D eigenvalue weighted by molar-refractivity contribution is -0.116. The van der Waals surface area contributed by atoms with Crippen LogP contribution in [0, 0.1) is 11.3 Å². The minimum absolute atomic E-state index is 0.0293. The Morgan fingerprint density at radius 3 is 2.19 bits per heavy atom. The fourth-order valence-electron chi connectivity index (χ4n) is 2.73. The Morgan fingerprint density at radius 2 is 1.62 bits per heavy atom. The van der Waals surface area contributed by atoms with Gasteiger partial charge in [-0.2, -0.15) is 5.26 Å². The second-order valence-corrected chi connectivity index (χ2v) is 6.70. The molecule has 0 aliphatic rings. The average Bonchev–Trinajstić information content (AvgIpc) is 3.13. The Bertz CT molecular complexity index is 845. The van der Waals surface area contributed by atoms with Crippen molar-refractivity contribution in [1.29, 1.82) is 5.26 Å². The van der Waals surface area contributed by atoms with Crippen LogP contribution in [0.3, 0.4) is 0 Å². The van der Waals surface area contributed by atoms with Gasteiger partial charge in [0.25, 0.3) is 0 Å². The van der Waals surface area contributed by atoms with Crippen LogP contribution in [0.5, 0.6) is 0 Å². The molecule has 2 aromatic carbocycles. The first kappa shape index (κ1) is 17.9. The number of carbonyl (C=O) groups excluding carboxylic acids is 1. The zero-order valence-electron chi connectivity index (χ0n) is 14.2. The van der Waals surface area contributed by atoms with E-state index in [1.54, 1.807) is 11.4 Å². The van der Waals surface area contributed by atoms with Crippen LogP contribution in [-0.4, -0.2) is 12.5 Å². The normalized spacial score (nSPS) is 10.5. The van der Waals surface area contributed by atoms with Gasteiger partial charge in [0.05, 0.1) is 11.6 Å². The number of hydrogen-bond donors (Lipinski definition) is 2. The molecule has 0 saturated carbocycles. The Hall–Kier alpha value is -2.94. The summed E-state index contributed by atoms with van der Waals surface area (Å²) in [5.41, 5.74) is 2.82. The summed E-state index contributed by atoms with van der Waals surface area (Å²) in [7, 11) is 0. The molecular weight excluding hydrogens is 342 g/mol. The monoisotopic (exact) mass is 361 g/mol. The van der Waals surface area contributed by atoms with Crippen LogP contribution < -0.4 is 10.6 Å². The van der Waals surface area contributed by atoms with Crippen molar-refractivity contribution in [2.75, 3.05) is 11.9 Å². The molecule has 1 aromatic heterocycles. The molecular formula is C21H19N3OS. The average molecular weight is 361 g/mol. The molecule has 1 amide bonds. The highest BCUT2D eigenvalue weighted by molar-refractivity contribution is 7.14. The van der Waals surface area contributed by atoms with Crippen LogP contribution >= 0.6 is 11.3 Å². The highest BCUT2D eigenvalue weighted by Crippen LogP contribution is 2.23. The first-order valence-corrected chi connectivity index (χ1v) is 9.26. The molecule has 0 fully saturated rings. The number of hydrogen-bond acceptors (Lipinski definition) is 4. The molecule has 0 radical (unpaired) electrons. The molecule has 130 valence electrons. The summed E-state index contributed by atoms with van der Waals surface area (Å²) < 4.78 is 0. The number of nitriles is 1. The fraction of sp³-hybridized carbons (Fsp3) is 0.143. The maximum atomic E-state index is 12.2. The highest BCUT2D eigenvalue weighted by atomic mass is 32.1. The number of thiophene rings is 1. The van der Waals surface area contributed by atoms with Crippen molar-refractivity contribution < 1.29 is 4.79 Å². The van der Waals surface area contributed by atoms with Gasteiger partial charge in [0.1, 0.15) is 11.1 Å². The molecule has 0 unspecified atom stereocenters. The molecule has 0 aliphatic heterocycles. The number of benzene rings is 2. The first-order valence-electron chi connectivity index (χ1n) is 8.38. The molecule has 5 heteroatoms. The molecule has 1 heterocycles. The van der Waals surface area contributed by atoms with Gasteiger partial charge in [-0.05, 0) is 22.6 Å². The van der Waals surface area contributed by atoms with E-state index in [9.17, 15) is 4.79 Å². The maximum Gasteiger partial charge on any atom is 0.226 e. The Balaban J connectivity index is 1.62. The molecule has 3 aromatic rings. The van der Waals surface area contributed by atoms with Crippen molar-refractivity contribution in [2.24, 2.45) is 0 Å². The minimum atomic E-state index is -0.101. The molecule has 3 rings (SSSR count). The molecule has 0 saturated heterocycles. The predicted molar refractivity (Wildman–Crippen MR) is 105 cm³/mol. The van der Waals surface area contributed by atoms with Gasteiger partial charge in [-0.15, -0.1) is 11.3 Å². The summed E-state index contributed by atoms with van der Waals surface area (Å²) in [5.74, 6) is -0.101. The van der Waals surface area contributed by atoms with Gasteiger partial charge in [-0.25, -0.2) is 0 Å². The van der Waals surface area contributed by atoms with Crippen molar-refractivity contribution in [3.05, 3.63) is 88.8 Å². The van der Waals surface area contributed by atoms with E-state index in [2.05, 4.69) is 41.0 Å². The van der Waals surface area contributed by atoms with Gasteiger partial charge in [0.15, 0.2) is 0 Å². The summed E-state index contributed by atoms with van der Waals surface area (Å²) >= 11 is 1.36. The Labute approximate surface area is 157 Å². The van der Waals surface area contributed by atoms with Gasteiger partial charge >= 0.3 is 0 Å². The van der Waals surface area contributed by atoms with E-state index in [1.807, 2.05) is 36.4 Å². The van der Waals surface area contributed by atoms with Crippen LogP contribution in [0.2, 0.25) is 0 Å². The van der Waals surface area contributed by atoms with E-state index >= 15 is 0 Å². The van der Waals surface area contributed by atoms with Crippen LogP contribution in [0.15, 0.2) is 72.1 Å². The summed E-state index contributed by atoms with van der Waals surface area (Å²) in [4.78, 5) is 12.2. The second kappa shape index (κ2) is 8.95. The minimum Gasteiger partial charge on any atom is -0.317 e. The third-order valence-electron chi connectivity index (χ3n) is 4.00. The SMILES string of the molecule is N#Cc1ccsc1NC(=O)CCNC(c1ccccc1)c1ccccc1. The third kappa shape index (κ3) is 4.57. The van der Waals surface area contributed by atoms with Crippen molar-refractivity contribution in [3.8, 4) is 6.07 Å². The number of rotatable bonds is 7. The summed E-state index contributed by atoms with van der Waals surface area (Å²) in [6, 6.07) is 24.2. The van der Waals surface area contributed by atoms with Crippen LogP contribution in [0.25, 0.3) is 0 Å². The lowest BCUT2D eigenvalue weighted by Gasteiger charge is -2.19. The highest BCUT2D eigenvalue weighted by Gasteiger charge is 2.14. The summed E-state index contributed by atoms with van der Waals surface area (Å²) in [5, 5.41) is 17.7. The maximum absolute atomic E-state index is 12.2. The summed E-state index contributed by atoms with van der Waals surface area (Å²) in [6.45, 7) is 0.535. The van der Waals surface area contributed by atoms with Gasteiger partial charge in [-0.1, -0.05) is 60.7 Å². The van der Waals surface area contributed by atoms with Crippen LogP contribution in [0.4, 0.5) is 5.00 Å². The number of anilines is 1. The second-order valence-electron chi connectivity index (χ2n) is 5.78. The quantitative estimate of drug-likeness (QED) is 0.658. The standard InChI is InChI=1S/C21H19N3OS/c22-15-18-12-14-26-21(18)24-19(25)11-13-23-20(16-7-3-1-4-8-16)17-9-5-2-6-10-17/h1-10,12,14,20,23H,11,13H2,(H,24,25). The molecule has 0 atom stereocenters. The molecule has 26 heavy (non-hydrogen) atoms. The van der Waals surface area contributed by atoms with Gasteiger partial charge < -0.3 is 10.6 Å². The number of nitrogens with one attached hydrogen (secondary N) is 2. The number of carbonyl (C=O) groups is 1. The van der Waals surface area contributed by atoms with Gasteiger partial charge in [-0.3, -0.25) is 4.79 Å². The topological polar surface area (TPSA) is 64.9 Å². The van der Waals surface area contributed by atoms with Crippen LogP contribution in [-0.2, 0) is 4.79 Å². The van der Waals surface area contributed by atoms with Gasteiger partial charge in [0.2, 0.25) is 5.91 Å². The molecule has 4 nitrogen and oxygen atoms in total. The number of nitrogens with zero attached hydrogens (tertiary/aromatic N) is 1. The third-order valence-corrected chi connectivity index (χ3v) is 4.83. The summed E-state index contributed by atoms with van der Waals surface area (Å²) in [6.07, 6.45) is 0.332. The molecule has 0 bridgehead atoms. The van der Waals surface area contributed by atoms with E-state index in [1.165, 1.54) is 11.3 Å². The lowest BCUT2D eigenvalue weighted by Crippen LogP contribution is -2.26. The molecule has 0 aliphatic carbocycles. The Kier molecular flexibility index (Phi) is 6.15. The van der Waals surface area contributed by atoms with E-state index in [-0.39, 0.29) is 11.9 Å². The number of amides is 1. The molecule has 0 spiro atoms. The zero-order chi connectivity index (χ0) is 18.2. The van der Waals surface area contributed by atoms with E-state index in [4.69, 9.17) is 5.26 Å². The van der Waals surface area contributed by atoms with Crippen molar-refractivity contribution in [1.82, 2.24) is 5.32 Å². The fourth-order valence-corrected chi connectivity index (χ4v) is 3.49. The van der Waals surface area contributed by atoms with E-state index in [0.717, 1.165) is 11.1 Å². The smallest absolute Gasteiger partial charge is 0.226 e. The van der Waals surface area contributed by atoms with Crippen molar-refractivity contribution in [2.45, 2.75) is 12.5 Å². The largest absolute Gasteiger partial charge is 0.317 e. The Morgan fingerprint density at radius 1 is 1.00 bits per heavy atom. The van der Waals surface area contributed by atoms with E-state index < -0.39 is 0 Å². The van der Waals surface area contributed by atoms with Crippen LogP contribution in [0.1, 0.15) is 29.2 Å². The molecule has 2 N–H and O–H groups in total. The van der Waals surface area contributed by atoms with Crippen molar-refractivity contribution >= 4 is 22.2 Å². The van der Waals surface area contributed by atoms with Crippen molar-refractivity contribution in [3.63, 3.8) is 0 Å². The van der Waals surface area contributed by atoms with E-state index in [0.29, 0.717) is 23.5 Å². The van der Waals surface area contributed by atoms with Gasteiger partial charge in [0, 0.05) is 13.0 Å². The predicted octanol–water partition coefficient (Wildman–Crippen LogP) is 4.33. The lowest BCUT2D eigenvalue weighted by atomic mass is 9.98. The first-order chi connectivity index (χ1) is 12.8.